The molecule has 0 aliphatic heterocycles. The van der Waals surface area contributed by atoms with Crippen molar-refractivity contribution in [1.82, 2.24) is 9.78 Å². The quantitative estimate of drug-likeness (QED) is 0.467. The maximum atomic E-state index is 12.4. The van der Waals surface area contributed by atoms with Gasteiger partial charge in [-0.3, -0.25) is 14.9 Å². The Balaban J connectivity index is 1.64. The van der Waals surface area contributed by atoms with Gasteiger partial charge in [0, 0.05) is 18.3 Å². The van der Waals surface area contributed by atoms with Crippen LogP contribution in [-0.2, 0) is 6.73 Å². The lowest BCUT2D eigenvalue weighted by molar-refractivity contribution is -0.384. The number of rotatable bonds is 7. The van der Waals surface area contributed by atoms with Crippen molar-refractivity contribution in [3.63, 3.8) is 0 Å². The van der Waals surface area contributed by atoms with E-state index in [1.54, 1.807) is 6.20 Å². The summed E-state index contributed by atoms with van der Waals surface area (Å²) in [4.78, 5) is 22.6. The Kier molecular flexibility index (Phi) is 6.08. The molecule has 1 aromatic heterocycles. The van der Waals surface area contributed by atoms with Crippen molar-refractivity contribution < 1.29 is 14.5 Å². The van der Waals surface area contributed by atoms with E-state index in [4.69, 9.17) is 4.74 Å². The van der Waals surface area contributed by atoms with E-state index in [1.807, 2.05) is 30.3 Å². The molecule has 0 saturated heterocycles. The van der Waals surface area contributed by atoms with Gasteiger partial charge in [0.25, 0.3) is 11.6 Å². The Bertz CT molecular complexity index is 1110. The highest BCUT2D eigenvalue weighted by atomic mass is 16.6. The molecule has 0 aliphatic rings. The fraction of sp³-hybridized carbons (Fsp3) is 0.190. The van der Waals surface area contributed by atoms with Crippen LogP contribution in [0.25, 0.3) is 0 Å². The number of aromatic nitrogens is 2. The second-order valence-corrected chi connectivity index (χ2v) is 6.79. The minimum absolute atomic E-state index is 0.00911. The Labute approximate surface area is 172 Å². The number of anilines is 1. The van der Waals surface area contributed by atoms with Crippen LogP contribution in [0.1, 0.15) is 41.4 Å². The number of carbonyl (C=O) groups excluding carboxylic acids is 1. The SMILES string of the molecule is CC(C)c1ccc(OCn2ccc(C(=O)Nc3ccc([N+](=O)[O-])cc3C#N)n2)cc1. The van der Waals surface area contributed by atoms with E-state index in [2.05, 4.69) is 24.3 Å². The first-order chi connectivity index (χ1) is 14.4. The van der Waals surface area contributed by atoms with Gasteiger partial charge in [0.15, 0.2) is 12.4 Å². The van der Waals surface area contributed by atoms with E-state index < -0.39 is 10.8 Å². The maximum absolute atomic E-state index is 12.4. The summed E-state index contributed by atoms with van der Waals surface area (Å²) >= 11 is 0. The highest BCUT2D eigenvalue weighted by Gasteiger charge is 2.15. The first-order valence-electron chi connectivity index (χ1n) is 9.13. The molecule has 30 heavy (non-hydrogen) atoms. The lowest BCUT2D eigenvalue weighted by atomic mass is 10.0. The molecule has 1 amide bonds. The van der Waals surface area contributed by atoms with Crippen LogP contribution < -0.4 is 10.1 Å². The molecule has 0 spiro atoms. The van der Waals surface area contributed by atoms with Crippen LogP contribution in [0.15, 0.2) is 54.7 Å². The molecule has 1 N–H and O–H groups in total. The van der Waals surface area contributed by atoms with Crippen LogP contribution in [0.4, 0.5) is 11.4 Å². The van der Waals surface area contributed by atoms with Gasteiger partial charge in [-0.05, 0) is 35.7 Å². The van der Waals surface area contributed by atoms with E-state index in [0.717, 1.165) is 6.07 Å². The molecule has 0 fully saturated rings. The van der Waals surface area contributed by atoms with Crippen molar-refractivity contribution in [3.05, 3.63) is 81.7 Å². The van der Waals surface area contributed by atoms with Crippen LogP contribution in [0.2, 0.25) is 0 Å². The number of ether oxygens (including phenoxy) is 1. The summed E-state index contributed by atoms with van der Waals surface area (Å²) in [5, 5.41) is 26.7. The van der Waals surface area contributed by atoms with E-state index in [9.17, 15) is 20.2 Å². The van der Waals surface area contributed by atoms with Crippen LogP contribution >= 0.6 is 0 Å². The minimum Gasteiger partial charge on any atom is -0.471 e. The number of benzene rings is 2. The third-order valence-electron chi connectivity index (χ3n) is 4.37. The lowest BCUT2D eigenvalue weighted by Crippen LogP contribution is -2.15. The highest BCUT2D eigenvalue weighted by molar-refractivity contribution is 6.03. The molecule has 0 saturated carbocycles. The molecule has 0 unspecified atom stereocenters. The first-order valence-corrected chi connectivity index (χ1v) is 9.13. The largest absolute Gasteiger partial charge is 0.471 e. The van der Waals surface area contributed by atoms with E-state index in [1.165, 1.54) is 28.4 Å². The maximum Gasteiger partial charge on any atom is 0.276 e. The molecule has 3 rings (SSSR count). The summed E-state index contributed by atoms with van der Waals surface area (Å²) in [5.41, 5.74) is 1.26. The normalized spacial score (nSPS) is 10.5. The Morgan fingerprint density at radius 1 is 1.27 bits per heavy atom. The number of nitro benzene ring substituents is 1. The Morgan fingerprint density at radius 3 is 2.63 bits per heavy atom. The van der Waals surface area contributed by atoms with Crippen molar-refractivity contribution in [2.75, 3.05) is 5.32 Å². The molecule has 1 heterocycles. The smallest absolute Gasteiger partial charge is 0.276 e. The molecule has 0 aliphatic carbocycles. The molecular formula is C21H19N5O4. The number of amides is 1. The fourth-order valence-electron chi connectivity index (χ4n) is 2.68. The number of hydrogen-bond acceptors (Lipinski definition) is 6. The number of non-ortho nitro benzene ring substituents is 1. The molecule has 152 valence electrons. The van der Waals surface area contributed by atoms with Gasteiger partial charge in [0.1, 0.15) is 11.8 Å². The van der Waals surface area contributed by atoms with Gasteiger partial charge >= 0.3 is 0 Å². The first kappa shape index (κ1) is 20.5. The summed E-state index contributed by atoms with van der Waals surface area (Å²) < 4.78 is 7.14. The third kappa shape index (κ3) is 4.80. The predicted octanol–water partition coefficient (Wildman–Crippen LogP) is 4.08. The zero-order valence-corrected chi connectivity index (χ0v) is 16.4. The van der Waals surface area contributed by atoms with Gasteiger partial charge in [-0.25, -0.2) is 4.68 Å². The summed E-state index contributed by atoms with van der Waals surface area (Å²) in [6.07, 6.45) is 1.60. The number of nitrogens with one attached hydrogen (secondary N) is 1. The van der Waals surface area contributed by atoms with Crippen LogP contribution in [0.5, 0.6) is 5.75 Å². The van der Waals surface area contributed by atoms with Crippen molar-refractivity contribution in [2.24, 2.45) is 0 Å². The lowest BCUT2D eigenvalue weighted by Gasteiger charge is -2.09. The fourth-order valence-corrected chi connectivity index (χ4v) is 2.68. The molecule has 0 atom stereocenters. The van der Waals surface area contributed by atoms with Gasteiger partial charge < -0.3 is 10.1 Å². The second-order valence-electron chi connectivity index (χ2n) is 6.79. The van der Waals surface area contributed by atoms with E-state index in [0.29, 0.717) is 11.7 Å². The minimum atomic E-state index is -0.607. The summed E-state index contributed by atoms with van der Waals surface area (Å²) in [6, 6.07) is 14.7. The monoisotopic (exact) mass is 405 g/mol. The average molecular weight is 405 g/mol. The zero-order valence-electron chi connectivity index (χ0n) is 16.4. The van der Waals surface area contributed by atoms with E-state index >= 15 is 0 Å². The summed E-state index contributed by atoms with van der Waals surface area (Å²) in [5.74, 6) is 0.578. The molecule has 3 aromatic rings. The van der Waals surface area contributed by atoms with Crippen molar-refractivity contribution in [3.8, 4) is 11.8 Å². The number of nitrogens with zero attached hydrogens (tertiary/aromatic N) is 4. The van der Waals surface area contributed by atoms with Gasteiger partial charge in [0.2, 0.25) is 0 Å². The number of nitriles is 1. The predicted molar refractivity (Wildman–Crippen MR) is 109 cm³/mol. The zero-order chi connectivity index (χ0) is 21.7. The number of carbonyl (C=O) groups is 1. The van der Waals surface area contributed by atoms with Gasteiger partial charge in [0.05, 0.1) is 16.2 Å². The Morgan fingerprint density at radius 2 is 2.00 bits per heavy atom. The molecular weight excluding hydrogens is 386 g/mol. The molecule has 9 heteroatoms. The highest BCUT2D eigenvalue weighted by Crippen LogP contribution is 2.22. The Hall–Kier alpha value is -4.19. The summed E-state index contributed by atoms with van der Waals surface area (Å²) in [7, 11) is 0. The number of nitro groups is 1. The van der Waals surface area contributed by atoms with E-state index in [-0.39, 0.29) is 29.4 Å². The molecule has 9 nitrogen and oxygen atoms in total. The molecule has 0 bridgehead atoms. The second kappa shape index (κ2) is 8.87. The topological polar surface area (TPSA) is 123 Å². The molecule has 2 aromatic carbocycles. The van der Waals surface area contributed by atoms with Crippen molar-refractivity contribution >= 4 is 17.3 Å². The van der Waals surface area contributed by atoms with Crippen LogP contribution in [-0.4, -0.2) is 20.6 Å². The third-order valence-corrected chi connectivity index (χ3v) is 4.37. The molecule has 0 radical (unpaired) electrons. The van der Waals surface area contributed by atoms with Crippen LogP contribution in [0.3, 0.4) is 0 Å². The van der Waals surface area contributed by atoms with Crippen LogP contribution in [0, 0.1) is 21.4 Å². The number of hydrogen-bond donors (Lipinski definition) is 1. The summed E-state index contributed by atoms with van der Waals surface area (Å²) in [6.45, 7) is 4.35. The average Bonchev–Trinajstić information content (AvgIpc) is 3.22. The van der Waals surface area contributed by atoms with Gasteiger partial charge in [-0.15, -0.1) is 0 Å². The standard InChI is InChI=1S/C21H19N5O4/c1-14(2)15-3-6-18(7-4-15)30-13-25-10-9-20(24-25)21(27)23-19-8-5-17(26(28)29)11-16(19)12-22/h3-11,14H,13H2,1-2H3,(H,23,27). The van der Waals surface area contributed by atoms with Gasteiger partial charge in [-0.1, -0.05) is 26.0 Å². The van der Waals surface area contributed by atoms with Crippen molar-refractivity contribution in [1.29, 1.82) is 5.26 Å². The van der Waals surface area contributed by atoms with Crippen molar-refractivity contribution in [2.45, 2.75) is 26.5 Å². The van der Waals surface area contributed by atoms with Gasteiger partial charge in [-0.2, -0.15) is 10.4 Å².